The summed E-state index contributed by atoms with van der Waals surface area (Å²) in [4.78, 5) is 11.8. The maximum absolute atomic E-state index is 12.8. The first kappa shape index (κ1) is 17.1. The van der Waals surface area contributed by atoms with Crippen LogP contribution in [0, 0.1) is 0 Å². The molecule has 3 N–H and O–H groups in total. The first-order chi connectivity index (χ1) is 9.75. The lowest BCUT2D eigenvalue weighted by Gasteiger charge is -2.19. The van der Waals surface area contributed by atoms with E-state index in [1.165, 1.54) is 12.1 Å². The minimum absolute atomic E-state index is 0. The van der Waals surface area contributed by atoms with Crippen molar-refractivity contribution in [3.63, 3.8) is 0 Å². The van der Waals surface area contributed by atoms with Crippen molar-refractivity contribution in [2.75, 3.05) is 6.54 Å². The molecule has 0 saturated heterocycles. The van der Waals surface area contributed by atoms with Crippen LogP contribution in [0.15, 0.2) is 24.3 Å². The monoisotopic (exact) mass is 334 g/mol. The van der Waals surface area contributed by atoms with Gasteiger partial charge in [-0.25, -0.2) is 0 Å². The van der Waals surface area contributed by atoms with Crippen LogP contribution in [0.4, 0.5) is 13.2 Å². The number of amides is 1. The number of hydrogen-bond donors (Lipinski definition) is 2. The summed E-state index contributed by atoms with van der Waals surface area (Å²) in [5, 5.41) is 2.80. The summed E-state index contributed by atoms with van der Waals surface area (Å²) in [6.07, 6.45) is -1.42. The van der Waals surface area contributed by atoms with Crippen molar-refractivity contribution in [1.29, 1.82) is 0 Å². The predicted octanol–water partition coefficient (Wildman–Crippen LogP) is 2.77. The molecule has 0 aromatic heterocycles. The van der Waals surface area contributed by atoms with Crippen molar-refractivity contribution in [2.45, 2.75) is 42.8 Å². The van der Waals surface area contributed by atoms with Gasteiger partial charge in [-0.2, -0.15) is 13.2 Å². The molecule has 0 spiro atoms. The molecule has 1 aromatic carbocycles. The molecule has 2 saturated carbocycles. The number of rotatable bonds is 4. The number of carbonyl (C=O) groups is 1. The van der Waals surface area contributed by atoms with Gasteiger partial charge in [-0.15, -0.1) is 12.4 Å². The fraction of sp³-hybridized carbons (Fsp3) is 0.533. The molecule has 3 rings (SSSR count). The molecule has 3 nitrogen and oxygen atoms in total. The van der Waals surface area contributed by atoms with Crippen LogP contribution in [0.1, 0.15) is 36.8 Å². The van der Waals surface area contributed by atoms with Crippen LogP contribution in [0.5, 0.6) is 0 Å². The van der Waals surface area contributed by atoms with E-state index in [0.717, 1.165) is 18.9 Å². The molecule has 0 aliphatic heterocycles. The van der Waals surface area contributed by atoms with Gasteiger partial charge < -0.3 is 11.1 Å². The lowest BCUT2D eigenvalue weighted by Crippen LogP contribution is -2.45. The molecular formula is C15H18ClF3N2O. The number of hydrogen-bond acceptors (Lipinski definition) is 2. The molecule has 22 heavy (non-hydrogen) atoms. The highest BCUT2D eigenvalue weighted by molar-refractivity contribution is 5.89. The van der Waals surface area contributed by atoms with E-state index in [1.807, 2.05) is 0 Å². The second-order valence-corrected chi connectivity index (χ2v) is 6.20. The van der Waals surface area contributed by atoms with Crippen molar-refractivity contribution in [2.24, 2.45) is 5.73 Å². The maximum Gasteiger partial charge on any atom is 0.416 e. The van der Waals surface area contributed by atoms with Crippen LogP contribution in [0.25, 0.3) is 0 Å². The molecule has 0 bridgehead atoms. The van der Waals surface area contributed by atoms with Crippen molar-refractivity contribution in [3.8, 4) is 0 Å². The molecule has 122 valence electrons. The lowest BCUT2D eigenvalue weighted by molar-refractivity contribution is -0.137. The van der Waals surface area contributed by atoms with E-state index in [2.05, 4.69) is 5.32 Å². The summed E-state index contributed by atoms with van der Waals surface area (Å²) in [6.45, 7) is 0.353. The molecule has 0 atom stereocenters. The van der Waals surface area contributed by atoms with Gasteiger partial charge in [0.05, 0.1) is 11.1 Å². The van der Waals surface area contributed by atoms with E-state index in [9.17, 15) is 18.0 Å². The standard InChI is InChI=1S/C15H17F3N2O.ClH/c16-15(17,18)11-3-1-2-10(8-11)13(4-5-13)9-20-12(21)14(19)6-7-14;/h1-3,8H,4-7,9,19H2,(H,20,21);1H. The normalized spacial score (nSPS) is 20.7. The Morgan fingerprint density at radius 2 is 1.86 bits per heavy atom. The molecule has 1 amide bonds. The van der Waals surface area contributed by atoms with Gasteiger partial charge in [0.1, 0.15) is 0 Å². The molecule has 0 radical (unpaired) electrons. The highest BCUT2D eigenvalue weighted by Gasteiger charge is 2.49. The largest absolute Gasteiger partial charge is 0.416 e. The van der Waals surface area contributed by atoms with E-state index < -0.39 is 17.3 Å². The Balaban J connectivity index is 0.00000176. The van der Waals surface area contributed by atoms with Crippen LogP contribution in [0.2, 0.25) is 0 Å². The highest BCUT2D eigenvalue weighted by atomic mass is 35.5. The Hall–Kier alpha value is -1.27. The third-order valence-electron chi connectivity index (χ3n) is 4.48. The van der Waals surface area contributed by atoms with Gasteiger partial charge in [-0.3, -0.25) is 4.79 Å². The Morgan fingerprint density at radius 1 is 1.23 bits per heavy atom. The quantitative estimate of drug-likeness (QED) is 0.889. The van der Waals surface area contributed by atoms with Gasteiger partial charge in [0.15, 0.2) is 0 Å². The summed E-state index contributed by atoms with van der Waals surface area (Å²) in [5.74, 6) is -0.194. The average molecular weight is 335 g/mol. The summed E-state index contributed by atoms with van der Waals surface area (Å²) < 4.78 is 38.3. The topological polar surface area (TPSA) is 55.1 Å². The van der Waals surface area contributed by atoms with Crippen molar-refractivity contribution < 1.29 is 18.0 Å². The third kappa shape index (κ3) is 3.22. The first-order valence-corrected chi connectivity index (χ1v) is 7.00. The summed E-state index contributed by atoms with van der Waals surface area (Å²) in [5.41, 5.74) is 4.69. The Bertz CT molecular complexity index is 580. The zero-order valence-electron chi connectivity index (χ0n) is 11.9. The SMILES string of the molecule is Cl.NC1(C(=O)NCC2(c3cccc(C(F)(F)F)c3)CC2)CC1. The maximum atomic E-state index is 12.8. The number of alkyl halides is 3. The minimum atomic E-state index is -4.34. The van der Waals surface area contributed by atoms with Gasteiger partial charge in [-0.05, 0) is 37.3 Å². The summed E-state index contributed by atoms with van der Waals surface area (Å²) in [6, 6.07) is 5.38. The third-order valence-corrected chi connectivity index (χ3v) is 4.48. The van der Waals surface area contributed by atoms with E-state index in [0.29, 0.717) is 24.9 Å². The van der Waals surface area contributed by atoms with Crippen LogP contribution < -0.4 is 11.1 Å². The van der Waals surface area contributed by atoms with E-state index >= 15 is 0 Å². The van der Waals surface area contributed by atoms with Crippen LogP contribution >= 0.6 is 12.4 Å². The molecule has 2 aliphatic rings. The van der Waals surface area contributed by atoms with Crippen molar-refractivity contribution in [1.82, 2.24) is 5.32 Å². The van der Waals surface area contributed by atoms with Crippen molar-refractivity contribution in [3.05, 3.63) is 35.4 Å². The molecule has 1 aromatic rings. The average Bonchev–Trinajstić information content (AvgIpc) is 3.33. The Labute approximate surface area is 132 Å². The minimum Gasteiger partial charge on any atom is -0.354 e. The van der Waals surface area contributed by atoms with Gasteiger partial charge in [0, 0.05) is 12.0 Å². The highest BCUT2D eigenvalue weighted by Crippen LogP contribution is 2.48. The molecule has 0 heterocycles. The Morgan fingerprint density at radius 3 is 2.36 bits per heavy atom. The first-order valence-electron chi connectivity index (χ1n) is 7.00. The predicted molar refractivity (Wildman–Crippen MR) is 78.8 cm³/mol. The molecule has 2 fully saturated rings. The fourth-order valence-electron chi connectivity index (χ4n) is 2.53. The number of nitrogens with two attached hydrogens (primary N) is 1. The van der Waals surface area contributed by atoms with Crippen molar-refractivity contribution >= 4 is 18.3 Å². The fourth-order valence-corrected chi connectivity index (χ4v) is 2.53. The van der Waals surface area contributed by atoms with Crippen LogP contribution in [0.3, 0.4) is 0 Å². The zero-order chi connectivity index (χ0) is 15.3. The number of nitrogens with one attached hydrogen (secondary N) is 1. The zero-order valence-corrected chi connectivity index (χ0v) is 12.7. The van der Waals surface area contributed by atoms with Gasteiger partial charge >= 0.3 is 6.18 Å². The van der Waals surface area contributed by atoms with E-state index in [4.69, 9.17) is 5.73 Å². The molecule has 7 heteroatoms. The van der Waals surface area contributed by atoms with E-state index in [-0.39, 0.29) is 23.7 Å². The second-order valence-electron chi connectivity index (χ2n) is 6.20. The van der Waals surface area contributed by atoms with Gasteiger partial charge in [0.2, 0.25) is 5.91 Å². The number of halogens is 4. The Kier molecular flexibility index (Phi) is 4.21. The van der Waals surface area contributed by atoms with E-state index in [1.54, 1.807) is 6.07 Å². The van der Waals surface area contributed by atoms with Crippen LogP contribution in [-0.4, -0.2) is 18.0 Å². The number of benzene rings is 1. The number of carbonyl (C=O) groups excluding carboxylic acids is 1. The molecular weight excluding hydrogens is 317 g/mol. The smallest absolute Gasteiger partial charge is 0.354 e. The lowest BCUT2D eigenvalue weighted by atomic mass is 9.94. The van der Waals surface area contributed by atoms with Gasteiger partial charge in [0.25, 0.3) is 0 Å². The van der Waals surface area contributed by atoms with Crippen LogP contribution in [-0.2, 0) is 16.4 Å². The van der Waals surface area contributed by atoms with Gasteiger partial charge in [-0.1, -0.05) is 18.2 Å². The molecule has 0 unspecified atom stereocenters. The summed E-state index contributed by atoms with van der Waals surface area (Å²) >= 11 is 0. The second kappa shape index (κ2) is 5.42. The molecule has 2 aliphatic carbocycles. The summed E-state index contributed by atoms with van der Waals surface area (Å²) in [7, 11) is 0.